The van der Waals surface area contributed by atoms with Crippen LogP contribution in [0.5, 0.6) is 5.75 Å². The number of fused-ring (bicyclic) bond motifs is 1. The van der Waals surface area contributed by atoms with Gasteiger partial charge in [-0.3, -0.25) is 0 Å². The van der Waals surface area contributed by atoms with Gasteiger partial charge in [-0.15, -0.1) is 0 Å². The van der Waals surface area contributed by atoms with Crippen molar-refractivity contribution in [1.82, 2.24) is 5.32 Å². The van der Waals surface area contributed by atoms with Crippen LogP contribution >= 0.6 is 0 Å². The molecule has 1 heterocycles. The fraction of sp³-hybridized carbons (Fsp3) is 0.600. The quantitative estimate of drug-likeness (QED) is 0.833. The minimum Gasteiger partial charge on any atom is -0.493 e. The van der Waals surface area contributed by atoms with E-state index in [1.54, 1.807) is 0 Å². The van der Waals surface area contributed by atoms with E-state index in [0.29, 0.717) is 5.41 Å². The van der Waals surface area contributed by atoms with Crippen molar-refractivity contribution in [3.05, 3.63) is 29.3 Å². The molecule has 0 amide bonds. The molecule has 0 unspecified atom stereocenters. The highest BCUT2D eigenvalue weighted by atomic mass is 16.5. The Morgan fingerprint density at radius 3 is 3.00 bits per heavy atom. The molecule has 0 radical (unpaired) electrons. The first-order chi connectivity index (χ1) is 8.81. The molecule has 0 aromatic heterocycles. The highest BCUT2D eigenvalue weighted by Crippen LogP contribution is 2.43. The van der Waals surface area contributed by atoms with E-state index < -0.39 is 0 Å². The summed E-state index contributed by atoms with van der Waals surface area (Å²) < 4.78 is 5.63. The van der Waals surface area contributed by atoms with E-state index in [9.17, 15) is 0 Å². The maximum Gasteiger partial charge on any atom is 0.122 e. The average Bonchev–Trinajstić information content (AvgIpc) is 3.19. The number of nitrogens with two attached hydrogens (primary N) is 1. The zero-order valence-electron chi connectivity index (χ0n) is 10.9. The Labute approximate surface area is 109 Å². The summed E-state index contributed by atoms with van der Waals surface area (Å²) in [5, 5.41) is 3.54. The Kier molecular flexibility index (Phi) is 3.27. The molecular formula is C15H22N2O. The second-order valence-electron chi connectivity index (χ2n) is 5.70. The fourth-order valence-electron chi connectivity index (χ4n) is 2.63. The molecule has 1 aliphatic carbocycles. The lowest BCUT2D eigenvalue weighted by Gasteiger charge is -2.18. The van der Waals surface area contributed by atoms with Gasteiger partial charge < -0.3 is 15.8 Å². The Hall–Kier alpha value is -1.06. The van der Waals surface area contributed by atoms with E-state index in [1.165, 1.54) is 24.0 Å². The number of aryl methyl sites for hydroxylation is 1. The molecule has 1 aliphatic heterocycles. The summed E-state index contributed by atoms with van der Waals surface area (Å²) >= 11 is 0. The highest BCUT2D eigenvalue weighted by Gasteiger charge is 2.40. The van der Waals surface area contributed by atoms with Gasteiger partial charge in [-0.2, -0.15) is 0 Å². The Balaban J connectivity index is 1.56. The zero-order chi connectivity index (χ0) is 12.4. The van der Waals surface area contributed by atoms with Crippen LogP contribution < -0.4 is 15.8 Å². The summed E-state index contributed by atoms with van der Waals surface area (Å²) in [7, 11) is 0. The largest absolute Gasteiger partial charge is 0.493 e. The van der Waals surface area contributed by atoms with Crippen molar-refractivity contribution >= 4 is 0 Å². The molecule has 98 valence electrons. The third-order valence-corrected chi connectivity index (χ3v) is 4.19. The van der Waals surface area contributed by atoms with E-state index in [2.05, 4.69) is 23.5 Å². The van der Waals surface area contributed by atoms with Gasteiger partial charge in [0.05, 0.1) is 6.61 Å². The summed E-state index contributed by atoms with van der Waals surface area (Å²) in [6.45, 7) is 3.67. The minimum atomic E-state index is 0.414. The molecule has 0 atom stereocenters. The maximum absolute atomic E-state index is 5.78. The standard InChI is InChI=1S/C15H22N2O/c16-10-15(5-6-15)11-17-9-12-3-4-14-13(8-12)2-1-7-18-14/h3-4,8,17H,1-2,5-7,9-11,16H2. The topological polar surface area (TPSA) is 47.3 Å². The predicted octanol–water partition coefficient (Wildman–Crippen LogP) is 1.84. The van der Waals surface area contributed by atoms with E-state index in [0.717, 1.165) is 44.8 Å². The highest BCUT2D eigenvalue weighted by molar-refractivity contribution is 5.38. The number of ether oxygens (including phenoxy) is 1. The number of hydrogen-bond acceptors (Lipinski definition) is 3. The number of nitrogens with one attached hydrogen (secondary N) is 1. The molecule has 2 aliphatic rings. The van der Waals surface area contributed by atoms with E-state index in [4.69, 9.17) is 10.5 Å². The summed E-state index contributed by atoms with van der Waals surface area (Å²) in [4.78, 5) is 0. The van der Waals surface area contributed by atoms with Gasteiger partial charge in [0.25, 0.3) is 0 Å². The molecule has 0 saturated heterocycles. The van der Waals surface area contributed by atoms with Crippen molar-refractivity contribution in [2.24, 2.45) is 11.1 Å². The van der Waals surface area contributed by atoms with Gasteiger partial charge in [-0.25, -0.2) is 0 Å². The van der Waals surface area contributed by atoms with Crippen LogP contribution in [-0.2, 0) is 13.0 Å². The maximum atomic E-state index is 5.78. The molecule has 3 nitrogen and oxygen atoms in total. The smallest absolute Gasteiger partial charge is 0.122 e. The SMILES string of the molecule is NCC1(CNCc2ccc3c(c2)CCCO3)CC1. The van der Waals surface area contributed by atoms with Crippen LogP contribution in [-0.4, -0.2) is 19.7 Å². The van der Waals surface area contributed by atoms with Crippen molar-refractivity contribution in [2.45, 2.75) is 32.2 Å². The average molecular weight is 246 g/mol. The van der Waals surface area contributed by atoms with Gasteiger partial charge in [-0.05, 0) is 54.8 Å². The molecule has 1 fully saturated rings. The van der Waals surface area contributed by atoms with Crippen molar-refractivity contribution in [1.29, 1.82) is 0 Å². The second kappa shape index (κ2) is 4.90. The lowest BCUT2D eigenvalue weighted by molar-refractivity contribution is 0.288. The van der Waals surface area contributed by atoms with Crippen LogP contribution in [0, 0.1) is 5.41 Å². The van der Waals surface area contributed by atoms with Gasteiger partial charge in [0.2, 0.25) is 0 Å². The van der Waals surface area contributed by atoms with Gasteiger partial charge in [0, 0.05) is 13.1 Å². The van der Waals surface area contributed by atoms with Crippen LogP contribution in [0.1, 0.15) is 30.4 Å². The molecule has 1 aromatic carbocycles. The van der Waals surface area contributed by atoms with E-state index in [-0.39, 0.29) is 0 Å². The van der Waals surface area contributed by atoms with Crippen LogP contribution in [0.4, 0.5) is 0 Å². The van der Waals surface area contributed by atoms with Crippen molar-refractivity contribution in [3.8, 4) is 5.75 Å². The Morgan fingerprint density at radius 2 is 2.22 bits per heavy atom. The van der Waals surface area contributed by atoms with Gasteiger partial charge in [0.1, 0.15) is 5.75 Å². The number of hydrogen-bond donors (Lipinski definition) is 2. The van der Waals surface area contributed by atoms with Crippen molar-refractivity contribution in [2.75, 3.05) is 19.7 Å². The monoisotopic (exact) mass is 246 g/mol. The molecule has 1 aromatic rings. The van der Waals surface area contributed by atoms with Crippen molar-refractivity contribution < 1.29 is 4.74 Å². The van der Waals surface area contributed by atoms with Crippen molar-refractivity contribution in [3.63, 3.8) is 0 Å². The molecule has 0 bridgehead atoms. The lowest BCUT2D eigenvalue weighted by atomic mass is 10.0. The lowest BCUT2D eigenvalue weighted by Crippen LogP contribution is -2.29. The van der Waals surface area contributed by atoms with Crippen LogP contribution in [0.25, 0.3) is 0 Å². The third kappa shape index (κ3) is 2.52. The molecule has 3 rings (SSSR count). The first-order valence-electron chi connectivity index (χ1n) is 6.97. The first-order valence-corrected chi connectivity index (χ1v) is 6.97. The summed E-state index contributed by atoms with van der Waals surface area (Å²) in [5.74, 6) is 1.07. The zero-order valence-corrected chi connectivity index (χ0v) is 10.9. The minimum absolute atomic E-state index is 0.414. The summed E-state index contributed by atoms with van der Waals surface area (Å²) in [5.41, 5.74) is 8.91. The summed E-state index contributed by atoms with van der Waals surface area (Å²) in [6, 6.07) is 6.56. The number of benzene rings is 1. The third-order valence-electron chi connectivity index (χ3n) is 4.19. The number of rotatable bonds is 5. The Bertz CT molecular complexity index is 427. The van der Waals surface area contributed by atoms with Gasteiger partial charge in [-0.1, -0.05) is 12.1 Å². The van der Waals surface area contributed by atoms with Crippen LogP contribution in [0.2, 0.25) is 0 Å². The Morgan fingerprint density at radius 1 is 1.33 bits per heavy atom. The molecule has 3 N–H and O–H groups in total. The van der Waals surface area contributed by atoms with E-state index in [1.807, 2.05) is 0 Å². The molecule has 0 spiro atoms. The fourth-order valence-corrected chi connectivity index (χ4v) is 2.63. The predicted molar refractivity (Wildman–Crippen MR) is 72.7 cm³/mol. The molecule has 18 heavy (non-hydrogen) atoms. The normalized spacial score (nSPS) is 20.1. The first kappa shape index (κ1) is 12.0. The van der Waals surface area contributed by atoms with E-state index >= 15 is 0 Å². The van der Waals surface area contributed by atoms with Crippen LogP contribution in [0.3, 0.4) is 0 Å². The molecule has 3 heteroatoms. The van der Waals surface area contributed by atoms with Gasteiger partial charge >= 0.3 is 0 Å². The molecule has 1 saturated carbocycles. The van der Waals surface area contributed by atoms with Gasteiger partial charge in [0.15, 0.2) is 0 Å². The summed E-state index contributed by atoms with van der Waals surface area (Å²) in [6.07, 6.45) is 4.86. The van der Waals surface area contributed by atoms with Crippen LogP contribution in [0.15, 0.2) is 18.2 Å². The molecular weight excluding hydrogens is 224 g/mol. The second-order valence-corrected chi connectivity index (χ2v) is 5.70.